The van der Waals surface area contributed by atoms with E-state index >= 15 is 0 Å². The van der Waals surface area contributed by atoms with Crippen LogP contribution in [-0.2, 0) is 11.3 Å². The molecule has 132 valence electrons. The van der Waals surface area contributed by atoms with Gasteiger partial charge in [0.2, 0.25) is 0 Å². The molecule has 0 radical (unpaired) electrons. The molecule has 1 aliphatic rings. The zero-order valence-corrected chi connectivity index (χ0v) is 15.3. The standard InChI is InChI=1S/C21H15N3O2S/c1-13-17(10-19-20(25)23-21(26)27-19)16-7-2-3-8-18(16)24(13)12-15-6-4-5-14(9-15)11-22/h2-10H,12H2,1H3,(H,23,25,26)/b19-10-. The Bertz CT molecular complexity index is 1170. The van der Waals surface area contributed by atoms with Crippen LogP contribution in [0.3, 0.4) is 0 Å². The normalized spacial score (nSPS) is 15.3. The van der Waals surface area contributed by atoms with Crippen molar-refractivity contribution in [1.29, 1.82) is 5.26 Å². The first-order valence-electron chi connectivity index (χ1n) is 8.38. The summed E-state index contributed by atoms with van der Waals surface area (Å²) in [6.07, 6.45) is 1.78. The molecule has 2 amide bonds. The molecule has 1 N–H and O–H groups in total. The van der Waals surface area contributed by atoms with E-state index in [1.807, 2.05) is 49.4 Å². The Morgan fingerprint density at radius 1 is 1.19 bits per heavy atom. The van der Waals surface area contributed by atoms with E-state index < -0.39 is 0 Å². The minimum Gasteiger partial charge on any atom is -0.340 e. The van der Waals surface area contributed by atoms with E-state index in [2.05, 4.69) is 16.0 Å². The highest BCUT2D eigenvalue weighted by atomic mass is 32.2. The van der Waals surface area contributed by atoms with Crippen molar-refractivity contribution in [3.63, 3.8) is 0 Å². The van der Waals surface area contributed by atoms with Crippen LogP contribution in [-0.4, -0.2) is 15.7 Å². The summed E-state index contributed by atoms with van der Waals surface area (Å²) in [7, 11) is 0. The van der Waals surface area contributed by atoms with Crippen molar-refractivity contribution in [2.75, 3.05) is 0 Å². The third kappa shape index (κ3) is 3.14. The van der Waals surface area contributed by atoms with E-state index in [9.17, 15) is 9.59 Å². The van der Waals surface area contributed by atoms with Crippen molar-refractivity contribution in [2.45, 2.75) is 13.5 Å². The number of nitriles is 1. The summed E-state index contributed by atoms with van der Waals surface area (Å²) in [6, 6.07) is 17.7. The molecule has 0 saturated carbocycles. The number of imide groups is 1. The molecule has 0 unspecified atom stereocenters. The van der Waals surface area contributed by atoms with Crippen LogP contribution in [0.1, 0.15) is 22.4 Å². The van der Waals surface area contributed by atoms with E-state index in [1.54, 1.807) is 12.1 Å². The number of nitrogens with one attached hydrogen (secondary N) is 1. The van der Waals surface area contributed by atoms with Gasteiger partial charge in [-0.25, -0.2) is 0 Å². The molecule has 1 aromatic heterocycles. The predicted molar refractivity (Wildman–Crippen MR) is 106 cm³/mol. The first-order valence-corrected chi connectivity index (χ1v) is 9.20. The van der Waals surface area contributed by atoms with Crippen molar-refractivity contribution < 1.29 is 9.59 Å². The molecule has 6 heteroatoms. The molecule has 0 atom stereocenters. The van der Waals surface area contributed by atoms with Gasteiger partial charge in [0.1, 0.15) is 0 Å². The average molecular weight is 373 g/mol. The molecule has 2 aromatic carbocycles. The number of para-hydroxylation sites is 1. The Labute approximate surface area is 160 Å². The fraction of sp³-hybridized carbons (Fsp3) is 0.0952. The van der Waals surface area contributed by atoms with Gasteiger partial charge in [0.05, 0.1) is 16.5 Å². The first-order chi connectivity index (χ1) is 13.1. The second-order valence-electron chi connectivity index (χ2n) is 6.27. The third-order valence-corrected chi connectivity index (χ3v) is 5.40. The number of nitrogens with zero attached hydrogens (tertiary/aromatic N) is 2. The van der Waals surface area contributed by atoms with Crippen molar-refractivity contribution in [2.24, 2.45) is 0 Å². The molecule has 1 aliphatic heterocycles. The Hall–Kier alpha value is -3.30. The second kappa shape index (κ2) is 6.78. The highest BCUT2D eigenvalue weighted by molar-refractivity contribution is 8.18. The van der Waals surface area contributed by atoms with Gasteiger partial charge in [0.25, 0.3) is 11.1 Å². The van der Waals surface area contributed by atoms with Gasteiger partial charge >= 0.3 is 0 Å². The molecule has 0 bridgehead atoms. The van der Waals surface area contributed by atoms with Crippen LogP contribution >= 0.6 is 11.8 Å². The lowest BCUT2D eigenvalue weighted by Crippen LogP contribution is -2.17. The summed E-state index contributed by atoms with van der Waals surface area (Å²) in [5, 5.41) is 12.1. The number of aromatic nitrogens is 1. The van der Waals surface area contributed by atoms with Gasteiger partial charge in [-0.15, -0.1) is 0 Å². The van der Waals surface area contributed by atoms with Gasteiger partial charge in [-0.05, 0) is 48.5 Å². The fourth-order valence-electron chi connectivity index (χ4n) is 3.32. The number of amides is 2. The topological polar surface area (TPSA) is 74.9 Å². The van der Waals surface area contributed by atoms with Crippen molar-refractivity contribution >= 4 is 39.9 Å². The number of carbonyl (C=O) groups is 2. The van der Waals surface area contributed by atoms with E-state index in [0.717, 1.165) is 39.5 Å². The van der Waals surface area contributed by atoms with Gasteiger partial charge in [0, 0.05) is 28.7 Å². The Kier molecular flexibility index (Phi) is 4.30. The maximum absolute atomic E-state index is 11.9. The Balaban J connectivity index is 1.84. The number of rotatable bonds is 3. The fourth-order valence-corrected chi connectivity index (χ4v) is 3.98. The minimum absolute atomic E-state index is 0.346. The smallest absolute Gasteiger partial charge is 0.290 e. The van der Waals surface area contributed by atoms with E-state index in [4.69, 9.17) is 5.26 Å². The van der Waals surface area contributed by atoms with Crippen LogP contribution in [0.25, 0.3) is 17.0 Å². The SMILES string of the molecule is Cc1c(/C=C2\SC(=O)NC2=O)c2ccccc2n1Cc1cccc(C#N)c1. The average Bonchev–Trinajstić information content (AvgIpc) is 3.13. The van der Waals surface area contributed by atoms with Gasteiger partial charge in [-0.3, -0.25) is 14.9 Å². The molecule has 5 nitrogen and oxygen atoms in total. The lowest BCUT2D eigenvalue weighted by molar-refractivity contribution is -0.115. The summed E-state index contributed by atoms with van der Waals surface area (Å²) in [4.78, 5) is 23.8. The van der Waals surface area contributed by atoms with Crippen LogP contribution < -0.4 is 5.32 Å². The molecule has 4 rings (SSSR count). The highest BCUT2D eigenvalue weighted by Gasteiger charge is 2.26. The number of hydrogen-bond donors (Lipinski definition) is 1. The second-order valence-corrected chi connectivity index (χ2v) is 7.28. The van der Waals surface area contributed by atoms with E-state index in [-0.39, 0.29) is 11.1 Å². The van der Waals surface area contributed by atoms with Gasteiger partial charge in [-0.1, -0.05) is 30.3 Å². The zero-order valence-electron chi connectivity index (χ0n) is 14.5. The summed E-state index contributed by atoms with van der Waals surface area (Å²) in [5.41, 5.74) is 4.62. The van der Waals surface area contributed by atoms with Gasteiger partial charge in [0.15, 0.2) is 0 Å². The number of fused-ring (bicyclic) bond motifs is 1. The van der Waals surface area contributed by atoms with Gasteiger partial charge in [-0.2, -0.15) is 5.26 Å². The lowest BCUT2D eigenvalue weighted by Gasteiger charge is -2.09. The summed E-state index contributed by atoms with van der Waals surface area (Å²) >= 11 is 0.920. The monoisotopic (exact) mass is 373 g/mol. The summed E-state index contributed by atoms with van der Waals surface area (Å²) in [6.45, 7) is 2.61. The van der Waals surface area contributed by atoms with Crippen molar-refractivity contribution in [1.82, 2.24) is 9.88 Å². The molecule has 0 spiro atoms. The largest absolute Gasteiger partial charge is 0.340 e. The van der Waals surface area contributed by atoms with E-state index in [0.29, 0.717) is 17.0 Å². The Morgan fingerprint density at radius 3 is 2.74 bits per heavy atom. The van der Waals surface area contributed by atoms with Crippen LogP contribution in [0.15, 0.2) is 53.4 Å². The van der Waals surface area contributed by atoms with Crippen molar-refractivity contribution in [3.8, 4) is 6.07 Å². The molecule has 1 fully saturated rings. The number of carbonyl (C=O) groups excluding carboxylic acids is 2. The number of hydrogen-bond acceptors (Lipinski definition) is 4. The van der Waals surface area contributed by atoms with Crippen LogP contribution in [0.5, 0.6) is 0 Å². The van der Waals surface area contributed by atoms with Crippen LogP contribution in [0, 0.1) is 18.3 Å². The minimum atomic E-state index is -0.358. The highest BCUT2D eigenvalue weighted by Crippen LogP contribution is 2.32. The molecule has 27 heavy (non-hydrogen) atoms. The molecular formula is C21H15N3O2S. The summed E-state index contributed by atoms with van der Waals surface area (Å²) < 4.78 is 2.16. The maximum atomic E-state index is 11.9. The molecule has 0 aliphatic carbocycles. The quantitative estimate of drug-likeness (QED) is 0.699. The van der Waals surface area contributed by atoms with E-state index in [1.165, 1.54) is 0 Å². The Morgan fingerprint density at radius 2 is 2.00 bits per heavy atom. The zero-order chi connectivity index (χ0) is 19.0. The number of benzene rings is 2. The molecule has 2 heterocycles. The van der Waals surface area contributed by atoms with Crippen LogP contribution in [0.2, 0.25) is 0 Å². The van der Waals surface area contributed by atoms with Crippen LogP contribution in [0.4, 0.5) is 4.79 Å². The summed E-state index contributed by atoms with van der Waals surface area (Å²) in [5.74, 6) is -0.358. The maximum Gasteiger partial charge on any atom is 0.290 e. The van der Waals surface area contributed by atoms with Crippen molar-refractivity contribution in [3.05, 3.63) is 75.8 Å². The molecule has 3 aromatic rings. The van der Waals surface area contributed by atoms with Gasteiger partial charge < -0.3 is 4.57 Å². The first kappa shape index (κ1) is 17.1. The number of thioether (sulfide) groups is 1. The lowest BCUT2D eigenvalue weighted by atomic mass is 10.1. The predicted octanol–water partition coefficient (Wildman–Crippen LogP) is 4.19. The third-order valence-electron chi connectivity index (χ3n) is 4.59. The molecular weight excluding hydrogens is 358 g/mol. The molecule has 1 saturated heterocycles.